The summed E-state index contributed by atoms with van der Waals surface area (Å²) < 4.78 is 13.9. The zero-order chi connectivity index (χ0) is 13.5. The first-order chi connectivity index (χ1) is 9.27. The van der Waals surface area contributed by atoms with Crippen molar-refractivity contribution in [3.63, 3.8) is 0 Å². The van der Waals surface area contributed by atoms with E-state index in [1.54, 1.807) is 12.1 Å². The van der Waals surface area contributed by atoms with Gasteiger partial charge in [0.2, 0.25) is 0 Å². The largest absolute Gasteiger partial charge is 0.197 e. The maximum atomic E-state index is 13.9. The number of rotatable bonds is 4. The fraction of sp³-hybridized carbons (Fsp3) is 0.167. The molecule has 0 N–H and O–H groups in total. The maximum Gasteiger partial charge on any atom is 0.172 e. The zero-order valence-corrected chi connectivity index (χ0v) is 11.1. The smallest absolute Gasteiger partial charge is 0.172 e. The Morgan fingerprint density at radius 1 is 1.05 bits per heavy atom. The van der Waals surface area contributed by atoms with Crippen LogP contribution in [-0.4, -0.2) is 0 Å². The summed E-state index contributed by atoms with van der Waals surface area (Å²) in [4.78, 5) is 0. The van der Waals surface area contributed by atoms with Gasteiger partial charge < -0.3 is 0 Å². The Kier molecular flexibility index (Phi) is 4.72. The number of hydrogen-bond donors (Lipinski definition) is 0. The molecule has 2 rings (SSSR count). The van der Waals surface area contributed by atoms with E-state index in [4.69, 9.17) is 0 Å². The highest BCUT2D eigenvalue weighted by Gasteiger charge is 2.01. The molecule has 0 amide bonds. The van der Waals surface area contributed by atoms with Gasteiger partial charge in [-0.3, -0.25) is 0 Å². The molecular weight excluding hydrogens is 235 g/mol. The summed E-state index contributed by atoms with van der Waals surface area (Å²) in [6.07, 6.45) is 3.48. The monoisotopic (exact) mass is 252 g/mol. The third-order valence-corrected chi connectivity index (χ3v) is 3.03. The third-order valence-electron chi connectivity index (χ3n) is 3.03. The molecule has 0 saturated carbocycles. The van der Waals surface area contributed by atoms with Gasteiger partial charge in [-0.1, -0.05) is 60.3 Å². The lowest BCUT2D eigenvalue weighted by Gasteiger charge is -1.99. The van der Waals surface area contributed by atoms with Crippen LogP contribution in [0.1, 0.15) is 23.1 Å². The first-order valence-corrected chi connectivity index (χ1v) is 6.48. The topological polar surface area (TPSA) is 0 Å². The second kappa shape index (κ2) is 6.72. The van der Waals surface area contributed by atoms with Crippen LogP contribution in [-0.2, 0) is 6.42 Å². The summed E-state index contributed by atoms with van der Waals surface area (Å²) in [5, 5.41) is 0. The quantitative estimate of drug-likeness (QED) is 0.665. The van der Waals surface area contributed by atoms with E-state index >= 15 is 0 Å². The number of aryl methyl sites for hydroxylation is 2. The Bertz CT molecular complexity index is 590. The summed E-state index contributed by atoms with van der Waals surface area (Å²) in [5.74, 6) is -0.286. The van der Waals surface area contributed by atoms with Crippen molar-refractivity contribution in [2.24, 2.45) is 0 Å². The number of allylic oxidation sites excluding steroid dienone is 1. The van der Waals surface area contributed by atoms with Gasteiger partial charge in [0.15, 0.2) is 5.83 Å². The van der Waals surface area contributed by atoms with Crippen molar-refractivity contribution in [3.8, 4) is 0 Å². The Balaban J connectivity index is 2.01. The molecule has 0 aromatic heterocycles. The SMILES string of the molecule is Cc1ccccc1C(F)=C=CCCc1ccccc1. The summed E-state index contributed by atoms with van der Waals surface area (Å²) in [7, 11) is 0. The molecule has 0 fully saturated rings. The summed E-state index contributed by atoms with van der Waals surface area (Å²) in [6, 6.07) is 17.6. The highest BCUT2D eigenvalue weighted by Crippen LogP contribution is 2.18. The standard InChI is InChI=1S/C18H17F/c1-15-9-5-7-13-17(15)18(19)14-8-6-12-16-10-3-2-4-11-16/h2-5,7-11,13H,6,12H2,1H3. The molecule has 0 saturated heterocycles. The molecule has 19 heavy (non-hydrogen) atoms. The zero-order valence-electron chi connectivity index (χ0n) is 11.1. The predicted molar refractivity (Wildman–Crippen MR) is 78.5 cm³/mol. The van der Waals surface area contributed by atoms with Gasteiger partial charge in [-0.05, 0) is 37.0 Å². The van der Waals surface area contributed by atoms with Crippen molar-refractivity contribution < 1.29 is 4.39 Å². The van der Waals surface area contributed by atoms with Crippen LogP contribution in [0.25, 0.3) is 5.83 Å². The van der Waals surface area contributed by atoms with E-state index in [2.05, 4.69) is 17.9 Å². The fourth-order valence-electron chi connectivity index (χ4n) is 1.94. The van der Waals surface area contributed by atoms with Gasteiger partial charge in [-0.25, -0.2) is 0 Å². The molecule has 0 nitrogen and oxygen atoms in total. The minimum Gasteiger partial charge on any atom is -0.197 e. The molecule has 0 aliphatic rings. The number of halogens is 1. The lowest BCUT2D eigenvalue weighted by atomic mass is 10.1. The highest BCUT2D eigenvalue weighted by molar-refractivity contribution is 5.61. The molecule has 0 spiro atoms. The molecule has 0 aliphatic carbocycles. The van der Waals surface area contributed by atoms with Crippen LogP contribution in [0, 0.1) is 6.92 Å². The van der Waals surface area contributed by atoms with Gasteiger partial charge in [0.1, 0.15) is 0 Å². The highest BCUT2D eigenvalue weighted by atomic mass is 19.1. The van der Waals surface area contributed by atoms with E-state index in [9.17, 15) is 4.39 Å². The molecule has 0 bridgehead atoms. The van der Waals surface area contributed by atoms with Crippen molar-refractivity contribution in [1.29, 1.82) is 0 Å². The van der Waals surface area contributed by atoms with E-state index in [-0.39, 0.29) is 5.83 Å². The van der Waals surface area contributed by atoms with Crippen molar-refractivity contribution in [3.05, 3.63) is 83.1 Å². The van der Waals surface area contributed by atoms with E-state index in [0.29, 0.717) is 5.56 Å². The molecule has 0 aliphatic heterocycles. The van der Waals surface area contributed by atoms with Gasteiger partial charge in [-0.2, -0.15) is 4.39 Å². The molecule has 2 aromatic rings. The molecule has 0 radical (unpaired) electrons. The third kappa shape index (κ3) is 3.94. The van der Waals surface area contributed by atoms with Crippen LogP contribution >= 0.6 is 0 Å². The first kappa shape index (κ1) is 13.3. The Hall–Kier alpha value is -2.11. The first-order valence-electron chi connectivity index (χ1n) is 6.48. The average Bonchev–Trinajstić information content (AvgIpc) is 2.45. The van der Waals surface area contributed by atoms with Gasteiger partial charge in [-0.15, -0.1) is 0 Å². The van der Waals surface area contributed by atoms with Crippen LogP contribution < -0.4 is 0 Å². The predicted octanol–water partition coefficient (Wildman–Crippen LogP) is 5.09. The second-order valence-corrected chi connectivity index (χ2v) is 4.50. The number of benzene rings is 2. The normalized spacial score (nSPS) is 9.79. The van der Waals surface area contributed by atoms with Crippen LogP contribution in [0.2, 0.25) is 0 Å². The van der Waals surface area contributed by atoms with Crippen molar-refractivity contribution in [2.45, 2.75) is 19.8 Å². The van der Waals surface area contributed by atoms with Crippen molar-refractivity contribution >= 4 is 5.83 Å². The molecular formula is C18H17F. The number of hydrogen-bond acceptors (Lipinski definition) is 0. The molecule has 1 heteroatoms. The second-order valence-electron chi connectivity index (χ2n) is 4.50. The van der Waals surface area contributed by atoms with Crippen molar-refractivity contribution in [1.82, 2.24) is 0 Å². The van der Waals surface area contributed by atoms with Gasteiger partial charge in [0.05, 0.1) is 0 Å². The van der Waals surface area contributed by atoms with Crippen LogP contribution in [0.15, 0.2) is 66.4 Å². The molecule has 96 valence electrons. The Morgan fingerprint density at radius 2 is 1.74 bits per heavy atom. The van der Waals surface area contributed by atoms with Crippen LogP contribution in [0.3, 0.4) is 0 Å². The molecule has 0 atom stereocenters. The summed E-state index contributed by atoms with van der Waals surface area (Å²) >= 11 is 0. The van der Waals surface area contributed by atoms with E-state index in [0.717, 1.165) is 18.4 Å². The van der Waals surface area contributed by atoms with E-state index in [1.807, 2.05) is 43.3 Å². The molecule has 2 aromatic carbocycles. The minimum atomic E-state index is -0.286. The van der Waals surface area contributed by atoms with E-state index in [1.165, 1.54) is 5.56 Å². The molecule has 0 unspecified atom stereocenters. The van der Waals surface area contributed by atoms with Crippen molar-refractivity contribution in [2.75, 3.05) is 0 Å². The minimum absolute atomic E-state index is 0.286. The lowest BCUT2D eigenvalue weighted by molar-refractivity contribution is 0.759. The summed E-state index contributed by atoms with van der Waals surface area (Å²) in [5.41, 5.74) is 5.55. The van der Waals surface area contributed by atoms with Gasteiger partial charge in [0, 0.05) is 5.56 Å². The van der Waals surface area contributed by atoms with Crippen LogP contribution in [0.4, 0.5) is 4.39 Å². The molecule has 0 heterocycles. The maximum absolute atomic E-state index is 13.9. The average molecular weight is 252 g/mol. The summed E-state index contributed by atoms with van der Waals surface area (Å²) in [6.45, 7) is 1.90. The lowest BCUT2D eigenvalue weighted by Crippen LogP contribution is -1.83. The Morgan fingerprint density at radius 3 is 2.47 bits per heavy atom. The van der Waals surface area contributed by atoms with Gasteiger partial charge in [0.25, 0.3) is 0 Å². The van der Waals surface area contributed by atoms with Crippen LogP contribution in [0.5, 0.6) is 0 Å². The van der Waals surface area contributed by atoms with E-state index < -0.39 is 0 Å². The fourth-order valence-corrected chi connectivity index (χ4v) is 1.94. The van der Waals surface area contributed by atoms with Gasteiger partial charge >= 0.3 is 0 Å². The Labute approximate surface area is 113 Å².